The first kappa shape index (κ1) is 52.7. The second-order valence-corrected chi connectivity index (χ2v) is 19.1. The van der Waals surface area contributed by atoms with Gasteiger partial charge in [-0.1, -0.05) is 48.3 Å². The first-order chi connectivity index (χ1) is 37.0. The molecule has 2 aliphatic carbocycles. The van der Waals surface area contributed by atoms with Crippen molar-refractivity contribution >= 4 is 35.4 Å². The van der Waals surface area contributed by atoms with Crippen LogP contribution in [-0.4, -0.2) is 81.3 Å². The summed E-state index contributed by atoms with van der Waals surface area (Å²) in [6.45, 7) is 4.05. The van der Waals surface area contributed by atoms with Crippen LogP contribution in [0.1, 0.15) is 83.5 Å². The van der Waals surface area contributed by atoms with Gasteiger partial charge in [0.25, 0.3) is 11.4 Å². The number of carbonyl (C=O) groups excluding carboxylic acids is 2. The number of aliphatic hydroxyl groups excluding tert-OH is 2. The lowest BCUT2D eigenvalue weighted by atomic mass is 9.55. The number of fused-ring (bicyclic) bond motifs is 3. The number of carbonyl (C=O) groups is 2. The van der Waals surface area contributed by atoms with Crippen molar-refractivity contribution in [1.82, 2.24) is 4.90 Å². The molecule has 5 aromatic rings. The predicted octanol–water partition coefficient (Wildman–Crippen LogP) is 10.4. The van der Waals surface area contributed by atoms with Crippen molar-refractivity contribution in [3.8, 4) is 28.7 Å². The highest BCUT2D eigenvalue weighted by atomic mass is 16.7. The third-order valence-corrected chi connectivity index (χ3v) is 14.4. The monoisotopic (exact) mass is 1030 g/mol. The number of ether oxygens (including phenoxy) is 5. The van der Waals surface area contributed by atoms with E-state index in [1.807, 2.05) is 24.3 Å². The number of nitrogens with zero attached hydrogens (tertiary/aromatic N) is 4. The number of aldehydes is 1. The lowest BCUT2D eigenvalue weighted by Gasteiger charge is -2.60. The summed E-state index contributed by atoms with van der Waals surface area (Å²) >= 11 is 0. The number of nitro benzene ring substituents is 2. The van der Waals surface area contributed by atoms with E-state index < -0.39 is 39.4 Å². The number of amides is 1. The van der Waals surface area contributed by atoms with Gasteiger partial charge < -0.3 is 43.6 Å². The Hall–Kier alpha value is -8.19. The summed E-state index contributed by atoms with van der Waals surface area (Å²) in [6.07, 6.45) is 11.5. The molecule has 394 valence electrons. The maximum absolute atomic E-state index is 15.4. The normalized spacial score (nSPS) is 21.4. The highest BCUT2D eigenvalue weighted by Gasteiger charge is 2.65. The molecule has 0 radical (unpaired) electrons. The van der Waals surface area contributed by atoms with Crippen molar-refractivity contribution in [1.29, 1.82) is 0 Å². The summed E-state index contributed by atoms with van der Waals surface area (Å²) in [5.74, 6) is -0.973. The Labute approximate surface area is 438 Å². The number of hydrogen-bond acceptors (Lipinski definition) is 15. The minimum Gasteiger partial charge on any atom is -0.459 e. The maximum atomic E-state index is 15.4. The standard InChI is InChI=1S/C58H58N4O14/c1-2-28-73-58-54(60(34-40-16-23-52-53(30-40)72-37-71-52)55(66)25-17-38-12-18-43(19-13-38)61(67)68)33-50(59-74-36-39-14-20-44(21-15-39)62(69)70)48-31-42(9-3-5-26-63)47(11-4-6-27-64)56(57(48)58)49-32-46(22-24-51(49)76-58)75-45-10-7-8-41(29-45)35-65/h2,7-8,10,12-25,29-32,35,42,47,54,56-57,63-64H,1,3-6,9,11,26-28,33-34,36-37H2/t42-,47+,54-,56+,57+,58+/m0/s1. The molecule has 76 heavy (non-hydrogen) atoms. The van der Waals surface area contributed by atoms with Crippen molar-refractivity contribution in [2.45, 2.75) is 75.8 Å². The van der Waals surface area contributed by atoms with Crippen molar-refractivity contribution in [2.24, 2.45) is 22.9 Å². The number of non-ortho nitro benzene ring substituents is 2. The molecule has 5 aromatic carbocycles. The average Bonchev–Trinajstić information content (AvgIpc) is 4.02. The van der Waals surface area contributed by atoms with E-state index in [2.05, 4.69) is 12.7 Å². The van der Waals surface area contributed by atoms with E-state index in [9.17, 15) is 35.2 Å². The van der Waals surface area contributed by atoms with Crippen LogP contribution in [0.2, 0.25) is 0 Å². The highest BCUT2D eigenvalue weighted by Crippen LogP contribution is 2.62. The number of oxime groups is 1. The molecule has 2 aliphatic heterocycles. The zero-order chi connectivity index (χ0) is 53.2. The van der Waals surface area contributed by atoms with Gasteiger partial charge in [-0.3, -0.25) is 29.8 Å². The number of hydrogen-bond donors (Lipinski definition) is 2. The van der Waals surface area contributed by atoms with Crippen molar-refractivity contribution in [2.75, 3.05) is 26.6 Å². The molecule has 2 heterocycles. The second kappa shape index (κ2) is 24.0. The molecule has 18 nitrogen and oxygen atoms in total. The summed E-state index contributed by atoms with van der Waals surface area (Å²) in [4.78, 5) is 57.2. The molecular formula is C58H58N4O14. The molecule has 0 saturated heterocycles. The smallest absolute Gasteiger partial charge is 0.269 e. The molecule has 1 saturated carbocycles. The molecule has 2 N–H and O–H groups in total. The van der Waals surface area contributed by atoms with Gasteiger partial charge >= 0.3 is 0 Å². The molecule has 6 atom stereocenters. The van der Waals surface area contributed by atoms with Crippen LogP contribution in [0.5, 0.6) is 28.7 Å². The van der Waals surface area contributed by atoms with Gasteiger partial charge in [0.05, 0.1) is 28.1 Å². The number of rotatable bonds is 24. The van der Waals surface area contributed by atoms with Crippen LogP contribution in [0.4, 0.5) is 11.4 Å². The van der Waals surface area contributed by atoms with Crippen LogP contribution in [-0.2, 0) is 27.5 Å². The van der Waals surface area contributed by atoms with Gasteiger partial charge in [0.2, 0.25) is 18.5 Å². The summed E-state index contributed by atoms with van der Waals surface area (Å²) in [7, 11) is 0. The summed E-state index contributed by atoms with van der Waals surface area (Å²) in [5.41, 5.74) is 4.21. The largest absolute Gasteiger partial charge is 0.459 e. The molecule has 0 unspecified atom stereocenters. The molecule has 4 aliphatic rings. The van der Waals surface area contributed by atoms with Gasteiger partial charge in [0.1, 0.15) is 36.2 Å². The van der Waals surface area contributed by atoms with Crippen LogP contribution >= 0.6 is 0 Å². The van der Waals surface area contributed by atoms with Crippen LogP contribution in [0.15, 0.2) is 145 Å². The molecule has 0 aromatic heterocycles. The Kier molecular flexibility index (Phi) is 16.6. The Bertz CT molecular complexity index is 3030. The summed E-state index contributed by atoms with van der Waals surface area (Å²) in [5, 5.41) is 48.1. The predicted molar refractivity (Wildman–Crippen MR) is 280 cm³/mol. The van der Waals surface area contributed by atoms with Crippen LogP contribution in [0.3, 0.4) is 0 Å². The molecule has 0 spiro atoms. The zero-order valence-electron chi connectivity index (χ0n) is 41.6. The van der Waals surface area contributed by atoms with E-state index in [0.29, 0.717) is 95.2 Å². The maximum Gasteiger partial charge on any atom is 0.269 e. The average molecular weight is 1040 g/mol. The van der Waals surface area contributed by atoms with Gasteiger partial charge in [-0.25, -0.2) is 0 Å². The van der Waals surface area contributed by atoms with Crippen LogP contribution in [0.25, 0.3) is 6.08 Å². The fourth-order valence-electron chi connectivity index (χ4n) is 10.9. The Balaban J connectivity index is 1.24. The SMILES string of the molecule is C=CCO[C@@]12Oc3ccc(Oc4cccc(C=O)c4)cc3[C@H]3[C@H](CCCCO)[C@@H](CCCCO)C=C(C(=NOCc4ccc([N+](=O)[O-])cc4)C[C@@H]1N(Cc1ccc4c(c1)OCO4)C(=O)C=Cc1ccc([N+](=O)[O-])cc1)[C@H]32. The minimum atomic E-state index is -1.66. The van der Waals surface area contributed by atoms with Gasteiger partial charge in [0.15, 0.2) is 11.5 Å². The Morgan fingerprint density at radius 3 is 2.24 bits per heavy atom. The number of nitro groups is 2. The van der Waals surface area contributed by atoms with Gasteiger partial charge in [-0.05, 0) is 133 Å². The summed E-state index contributed by atoms with van der Waals surface area (Å²) in [6, 6.07) is 28.7. The van der Waals surface area contributed by atoms with E-state index in [0.717, 1.165) is 17.4 Å². The van der Waals surface area contributed by atoms with Crippen LogP contribution in [0, 0.1) is 38.0 Å². The number of benzene rings is 5. The third kappa shape index (κ3) is 11.5. The fourth-order valence-corrected chi connectivity index (χ4v) is 10.9. The molecule has 18 heteroatoms. The van der Waals surface area contributed by atoms with Crippen LogP contribution < -0.4 is 18.9 Å². The van der Waals surface area contributed by atoms with Crippen molar-refractivity contribution in [3.63, 3.8) is 0 Å². The minimum absolute atomic E-state index is 0.000479. The highest BCUT2D eigenvalue weighted by molar-refractivity contribution is 6.03. The van der Waals surface area contributed by atoms with E-state index in [-0.39, 0.29) is 69.4 Å². The number of unbranched alkanes of at least 4 members (excludes halogenated alkanes) is 2. The molecule has 9 rings (SSSR count). The van der Waals surface area contributed by atoms with E-state index >= 15 is 4.79 Å². The summed E-state index contributed by atoms with van der Waals surface area (Å²) < 4.78 is 32.6. The quantitative estimate of drug-likeness (QED) is 0.0146. The second-order valence-electron chi connectivity index (χ2n) is 19.1. The molecule has 1 fully saturated rings. The fraction of sp³-hybridized carbons (Fsp3) is 0.328. The van der Waals surface area contributed by atoms with Crippen molar-refractivity contribution < 1.29 is 58.2 Å². The zero-order valence-corrected chi connectivity index (χ0v) is 41.6. The Morgan fingerprint density at radius 1 is 0.816 bits per heavy atom. The molecule has 0 bridgehead atoms. The van der Waals surface area contributed by atoms with Gasteiger partial charge in [-0.2, -0.15) is 0 Å². The number of aliphatic hydroxyl groups is 2. The molecule has 1 amide bonds. The van der Waals surface area contributed by atoms with E-state index in [1.54, 1.807) is 77.7 Å². The van der Waals surface area contributed by atoms with Gasteiger partial charge in [-0.15, -0.1) is 6.58 Å². The van der Waals surface area contributed by atoms with Crippen molar-refractivity contribution in [3.05, 3.63) is 188 Å². The van der Waals surface area contributed by atoms with Gasteiger partial charge in [0, 0.05) is 73.6 Å². The topological polar surface area (TPSA) is 232 Å². The lowest BCUT2D eigenvalue weighted by Crippen LogP contribution is -2.70. The van der Waals surface area contributed by atoms with E-state index in [4.69, 9.17) is 33.7 Å². The Morgan fingerprint density at radius 2 is 1.51 bits per heavy atom. The molecular weight excluding hydrogens is 977 g/mol. The number of allylic oxidation sites excluding steroid dienone is 1. The first-order valence-corrected chi connectivity index (χ1v) is 25.3. The van der Waals surface area contributed by atoms with E-state index in [1.165, 1.54) is 30.3 Å². The first-order valence-electron chi connectivity index (χ1n) is 25.3. The lowest BCUT2D eigenvalue weighted by molar-refractivity contribution is -0.385. The third-order valence-electron chi connectivity index (χ3n) is 14.4.